The maximum Gasteiger partial charge on any atom is 0.0440 e. The molecule has 0 saturated heterocycles. The number of hydrogen-bond donors (Lipinski definition) is 1. The summed E-state index contributed by atoms with van der Waals surface area (Å²) in [6.07, 6.45) is 2.32. The molecule has 1 saturated carbocycles. The fourth-order valence-electron chi connectivity index (χ4n) is 2.58. The van der Waals surface area contributed by atoms with Gasteiger partial charge in [-0.05, 0) is 77.2 Å². The van der Waals surface area contributed by atoms with E-state index in [1.165, 1.54) is 14.8 Å². The molecule has 0 atom stereocenters. The maximum absolute atomic E-state index is 6.24. The lowest BCUT2D eigenvalue weighted by atomic mass is 9.76. The van der Waals surface area contributed by atoms with Crippen molar-refractivity contribution in [3.8, 4) is 0 Å². The number of nitrogens with one attached hydrogen (secondary N) is 1. The summed E-state index contributed by atoms with van der Waals surface area (Å²) in [5, 5.41) is 4.48. The topological polar surface area (TPSA) is 12.0 Å². The molecule has 98 valence electrons. The van der Waals surface area contributed by atoms with Gasteiger partial charge in [0.15, 0.2) is 0 Å². The van der Waals surface area contributed by atoms with Gasteiger partial charge < -0.3 is 5.32 Å². The lowest BCUT2D eigenvalue weighted by Crippen LogP contribution is -2.34. The molecular weight excluding hydrogens is 369 g/mol. The minimum atomic E-state index is 0.571. The molecule has 0 spiro atoms. The predicted molar refractivity (Wildman–Crippen MR) is 90.0 cm³/mol. The van der Waals surface area contributed by atoms with E-state index in [-0.39, 0.29) is 0 Å². The van der Waals surface area contributed by atoms with Crippen LogP contribution in [-0.2, 0) is 0 Å². The van der Waals surface area contributed by atoms with Gasteiger partial charge in [0, 0.05) is 20.3 Å². The van der Waals surface area contributed by atoms with Crippen LogP contribution in [0.4, 0.5) is 5.69 Å². The van der Waals surface area contributed by atoms with Gasteiger partial charge in [0.2, 0.25) is 0 Å². The van der Waals surface area contributed by atoms with Crippen molar-refractivity contribution in [3.05, 3.63) is 62.7 Å². The normalized spacial score (nSPS) is 21.8. The second-order valence-corrected chi connectivity index (χ2v) is 6.69. The average molecular weight is 384 g/mol. The quantitative estimate of drug-likeness (QED) is 0.709. The third-order valence-corrected chi connectivity index (χ3v) is 4.76. The number of benzene rings is 2. The minimum absolute atomic E-state index is 0.571. The minimum Gasteiger partial charge on any atom is -0.382 e. The van der Waals surface area contributed by atoms with Gasteiger partial charge in [-0.15, -0.1) is 0 Å². The second-order valence-electron chi connectivity index (χ2n) is 5.04. The van der Waals surface area contributed by atoms with E-state index in [1.807, 2.05) is 12.1 Å². The first-order valence-electron chi connectivity index (χ1n) is 6.49. The second kappa shape index (κ2) is 5.71. The van der Waals surface area contributed by atoms with Crippen LogP contribution >= 0.6 is 34.2 Å². The van der Waals surface area contributed by atoms with Crippen LogP contribution < -0.4 is 5.32 Å². The van der Waals surface area contributed by atoms with Crippen molar-refractivity contribution in [1.82, 2.24) is 0 Å². The van der Waals surface area contributed by atoms with Crippen LogP contribution in [0.15, 0.2) is 48.5 Å². The molecule has 1 fully saturated rings. The fraction of sp³-hybridized carbons (Fsp3) is 0.250. The van der Waals surface area contributed by atoms with E-state index in [0.29, 0.717) is 12.0 Å². The van der Waals surface area contributed by atoms with Gasteiger partial charge in [-0.1, -0.05) is 29.8 Å². The van der Waals surface area contributed by atoms with Crippen molar-refractivity contribution in [1.29, 1.82) is 0 Å². The Balaban J connectivity index is 1.58. The molecule has 0 aromatic heterocycles. The summed E-state index contributed by atoms with van der Waals surface area (Å²) in [6, 6.07) is 17.3. The Morgan fingerprint density at radius 1 is 1.00 bits per heavy atom. The van der Waals surface area contributed by atoms with Crippen LogP contribution in [0.25, 0.3) is 0 Å². The Bertz CT molecular complexity index is 561. The van der Waals surface area contributed by atoms with E-state index in [0.717, 1.165) is 17.9 Å². The van der Waals surface area contributed by atoms with Crippen molar-refractivity contribution in [2.45, 2.75) is 24.8 Å². The highest BCUT2D eigenvalue weighted by Crippen LogP contribution is 2.41. The molecule has 0 bridgehead atoms. The van der Waals surface area contributed by atoms with Crippen molar-refractivity contribution >= 4 is 39.9 Å². The van der Waals surface area contributed by atoms with Gasteiger partial charge in [0.05, 0.1) is 0 Å². The summed E-state index contributed by atoms with van der Waals surface area (Å²) in [4.78, 5) is 0. The third-order valence-electron chi connectivity index (χ3n) is 3.70. The summed E-state index contributed by atoms with van der Waals surface area (Å²) in [5.41, 5.74) is 2.51. The predicted octanol–water partition coefficient (Wildman–Crippen LogP) is 5.30. The Morgan fingerprint density at radius 3 is 2.37 bits per heavy atom. The SMILES string of the molecule is Clc1ccccc1C1CC(Nc2ccc(I)cc2)C1. The molecule has 0 amide bonds. The number of rotatable bonds is 3. The van der Waals surface area contributed by atoms with Crippen LogP contribution in [0.5, 0.6) is 0 Å². The summed E-state index contributed by atoms with van der Waals surface area (Å²) in [7, 11) is 0. The van der Waals surface area contributed by atoms with E-state index < -0.39 is 0 Å². The smallest absolute Gasteiger partial charge is 0.0440 e. The van der Waals surface area contributed by atoms with Crippen molar-refractivity contribution < 1.29 is 0 Å². The van der Waals surface area contributed by atoms with Crippen molar-refractivity contribution in [3.63, 3.8) is 0 Å². The molecule has 19 heavy (non-hydrogen) atoms. The van der Waals surface area contributed by atoms with Crippen LogP contribution in [0, 0.1) is 3.57 Å². The Morgan fingerprint density at radius 2 is 1.68 bits per heavy atom. The van der Waals surface area contributed by atoms with Crippen LogP contribution in [0.1, 0.15) is 24.3 Å². The zero-order valence-corrected chi connectivity index (χ0v) is 13.4. The lowest BCUT2D eigenvalue weighted by molar-refractivity contribution is 0.374. The molecule has 0 unspecified atom stereocenters. The number of anilines is 1. The third kappa shape index (κ3) is 3.06. The molecule has 1 aliphatic carbocycles. The molecule has 2 aromatic carbocycles. The highest BCUT2D eigenvalue weighted by atomic mass is 127. The van der Waals surface area contributed by atoms with E-state index in [4.69, 9.17) is 11.6 Å². The largest absolute Gasteiger partial charge is 0.382 e. The highest BCUT2D eigenvalue weighted by molar-refractivity contribution is 14.1. The summed E-state index contributed by atoms with van der Waals surface area (Å²) < 4.78 is 1.27. The Kier molecular flexibility index (Phi) is 3.99. The van der Waals surface area contributed by atoms with Gasteiger partial charge >= 0.3 is 0 Å². The van der Waals surface area contributed by atoms with Crippen molar-refractivity contribution in [2.24, 2.45) is 0 Å². The maximum atomic E-state index is 6.24. The standard InChI is InChI=1S/C16H15ClIN/c17-16-4-2-1-3-15(16)11-9-14(10-11)19-13-7-5-12(18)6-8-13/h1-8,11,14,19H,9-10H2. The van der Waals surface area contributed by atoms with E-state index in [9.17, 15) is 0 Å². The number of halogens is 2. The molecule has 2 aromatic rings. The molecule has 0 aliphatic heterocycles. The highest BCUT2D eigenvalue weighted by Gasteiger charge is 2.31. The fourth-order valence-corrected chi connectivity index (χ4v) is 3.23. The van der Waals surface area contributed by atoms with Gasteiger partial charge in [-0.25, -0.2) is 0 Å². The molecule has 1 N–H and O–H groups in total. The molecular formula is C16H15ClIN. The molecule has 0 heterocycles. The van der Waals surface area contributed by atoms with Crippen molar-refractivity contribution in [2.75, 3.05) is 5.32 Å². The zero-order chi connectivity index (χ0) is 13.2. The molecule has 1 aliphatic rings. The molecule has 3 rings (SSSR count). The van der Waals surface area contributed by atoms with Gasteiger partial charge in [0.1, 0.15) is 0 Å². The Hall–Kier alpha value is -0.740. The van der Waals surface area contributed by atoms with E-state index in [2.05, 4.69) is 64.3 Å². The summed E-state index contributed by atoms with van der Waals surface area (Å²) in [5.74, 6) is 0.607. The van der Waals surface area contributed by atoms with E-state index in [1.54, 1.807) is 0 Å². The lowest BCUT2D eigenvalue weighted by Gasteiger charge is -2.37. The van der Waals surface area contributed by atoms with Crippen LogP contribution in [0.2, 0.25) is 5.02 Å². The molecule has 3 heteroatoms. The van der Waals surface area contributed by atoms with Gasteiger partial charge in [-0.2, -0.15) is 0 Å². The summed E-state index contributed by atoms with van der Waals surface area (Å²) >= 11 is 8.56. The first-order chi connectivity index (χ1) is 9.22. The van der Waals surface area contributed by atoms with E-state index >= 15 is 0 Å². The van der Waals surface area contributed by atoms with Crippen LogP contribution in [-0.4, -0.2) is 6.04 Å². The van der Waals surface area contributed by atoms with Gasteiger partial charge in [0.25, 0.3) is 0 Å². The molecule has 1 nitrogen and oxygen atoms in total. The summed E-state index contributed by atoms with van der Waals surface area (Å²) in [6.45, 7) is 0. The molecule has 0 radical (unpaired) electrons. The first-order valence-corrected chi connectivity index (χ1v) is 7.94. The van der Waals surface area contributed by atoms with Crippen LogP contribution in [0.3, 0.4) is 0 Å². The zero-order valence-electron chi connectivity index (χ0n) is 10.4. The monoisotopic (exact) mass is 383 g/mol. The first kappa shape index (κ1) is 13.3. The van der Waals surface area contributed by atoms with Gasteiger partial charge in [-0.3, -0.25) is 0 Å². The average Bonchev–Trinajstić information content (AvgIpc) is 2.37. The number of hydrogen-bond acceptors (Lipinski definition) is 1. The Labute approximate surface area is 132 Å².